The van der Waals surface area contributed by atoms with Crippen molar-refractivity contribution in [2.45, 2.75) is 0 Å². The van der Waals surface area contributed by atoms with Crippen molar-refractivity contribution in [1.29, 1.82) is 0 Å². The molecule has 116 valence electrons. The van der Waals surface area contributed by atoms with Crippen molar-refractivity contribution in [1.82, 2.24) is 4.98 Å². The molecule has 1 heterocycles. The molecule has 0 atom stereocenters. The maximum Gasteiger partial charge on any atom is 0.255 e. The van der Waals surface area contributed by atoms with Gasteiger partial charge in [0.1, 0.15) is 5.82 Å². The minimum Gasteiger partial charge on any atom is -0.365 e. The Bertz CT molecular complexity index is 830. The number of rotatable bonds is 4. The molecule has 1 amide bonds. The van der Waals surface area contributed by atoms with Crippen LogP contribution in [0.5, 0.6) is 0 Å². The number of hydrogen-bond donors (Lipinski definition) is 2. The number of amides is 1. The van der Waals surface area contributed by atoms with Crippen molar-refractivity contribution < 1.29 is 9.18 Å². The highest BCUT2D eigenvalue weighted by Gasteiger charge is 2.08. The fraction of sp³-hybridized carbons (Fsp3) is 0.0588. The fourth-order valence-electron chi connectivity index (χ4n) is 2.08. The molecule has 0 radical (unpaired) electrons. The molecule has 2 N–H and O–H groups in total. The second-order valence-corrected chi connectivity index (χ2v) is 5.69. The zero-order chi connectivity index (χ0) is 16.2. The van der Waals surface area contributed by atoms with Crippen LogP contribution in [0.4, 0.5) is 15.2 Å². The third kappa shape index (κ3) is 3.54. The molecule has 0 aliphatic rings. The first kappa shape index (κ1) is 15.2. The van der Waals surface area contributed by atoms with Crippen LogP contribution in [-0.2, 0) is 0 Å². The van der Waals surface area contributed by atoms with E-state index in [0.717, 1.165) is 16.4 Å². The molecule has 0 fully saturated rings. The van der Waals surface area contributed by atoms with E-state index in [2.05, 4.69) is 15.6 Å². The Hall–Kier alpha value is -2.73. The van der Waals surface area contributed by atoms with Crippen LogP contribution in [0, 0.1) is 5.82 Å². The maximum atomic E-state index is 13.1. The van der Waals surface area contributed by atoms with Crippen molar-refractivity contribution in [3.05, 3.63) is 65.3 Å². The van der Waals surface area contributed by atoms with E-state index >= 15 is 0 Å². The number of nitrogens with zero attached hydrogens (tertiary/aromatic N) is 1. The van der Waals surface area contributed by atoms with Gasteiger partial charge in [0, 0.05) is 29.2 Å². The topological polar surface area (TPSA) is 54.0 Å². The van der Waals surface area contributed by atoms with E-state index in [-0.39, 0.29) is 11.5 Å². The molecule has 0 aliphatic carbocycles. The van der Waals surface area contributed by atoms with E-state index in [9.17, 15) is 9.18 Å². The summed E-state index contributed by atoms with van der Waals surface area (Å²) in [7, 11) is 1.83. The first-order valence-electron chi connectivity index (χ1n) is 6.96. The summed E-state index contributed by atoms with van der Waals surface area (Å²) >= 11 is 1.53. The van der Waals surface area contributed by atoms with E-state index in [1.54, 1.807) is 18.2 Å². The molecule has 2 aromatic carbocycles. The normalized spacial score (nSPS) is 10.3. The Morgan fingerprint density at radius 1 is 1.17 bits per heavy atom. The highest BCUT2D eigenvalue weighted by molar-refractivity contribution is 7.14. The van der Waals surface area contributed by atoms with Crippen molar-refractivity contribution in [3.8, 4) is 11.3 Å². The highest BCUT2D eigenvalue weighted by Crippen LogP contribution is 2.25. The molecule has 1 aromatic heterocycles. The molecule has 0 saturated carbocycles. The lowest BCUT2D eigenvalue weighted by atomic mass is 10.1. The number of hydrogen-bond acceptors (Lipinski definition) is 4. The Balaban J connectivity index is 1.73. The predicted molar refractivity (Wildman–Crippen MR) is 91.4 cm³/mol. The quantitative estimate of drug-likeness (QED) is 0.753. The summed E-state index contributed by atoms with van der Waals surface area (Å²) in [6.07, 6.45) is 0. The number of aromatic nitrogens is 1. The van der Waals surface area contributed by atoms with Crippen molar-refractivity contribution in [2.75, 3.05) is 17.7 Å². The number of carbonyl (C=O) groups is 1. The molecule has 0 spiro atoms. The Morgan fingerprint density at radius 3 is 2.61 bits per heavy atom. The monoisotopic (exact) mass is 327 g/mol. The maximum absolute atomic E-state index is 13.1. The third-order valence-corrected chi connectivity index (χ3v) is 4.10. The smallest absolute Gasteiger partial charge is 0.255 e. The lowest BCUT2D eigenvalue weighted by Gasteiger charge is -2.06. The summed E-state index contributed by atoms with van der Waals surface area (Å²) in [5.41, 5.74) is 2.77. The fourth-order valence-corrected chi connectivity index (χ4v) is 2.76. The van der Waals surface area contributed by atoms with Crippen molar-refractivity contribution in [2.24, 2.45) is 0 Å². The van der Waals surface area contributed by atoms with E-state index in [0.29, 0.717) is 5.69 Å². The predicted octanol–water partition coefficient (Wildman–Crippen LogP) is 4.24. The average molecular weight is 327 g/mol. The number of nitrogens with one attached hydrogen (secondary N) is 2. The summed E-state index contributed by atoms with van der Waals surface area (Å²) < 4.78 is 13.1. The molecule has 4 nitrogen and oxygen atoms in total. The second-order valence-electron chi connectivity index (χ2n) is 4.83. The van der Waals surface area contributed by atoms with Gasteiger partial charge in [-0.15, -0.1) is 11.3 Å². The zero-order valence-corrected chi connectivity index (χ0v) is 13.2. The van der Waals surface area contributed by atoms with Crippen LogP contribution < -0.4 is 10.6 Å². The second kappa shape index (κ2) is 6.58. The van der Waals surface area contributed by atoms with Gasteiger partial charge in [0.2, 0.25) is 0 Å². The molecule has 0 saturated heterocycles. The van der Waals surface area contributed by atoms with Crippen LogP contribution in [-0.4, -0.2) is 17.9 Å². The van der Waals surface area contributed by atoms with Crippen LogP contribution in [0.25, 0.3) is 11.3 Å². The standard InChI is InChI=1S/C17H14FN3OS/c1-19-17-21-15(10-23-17)11-5-7-14(8-6-11)20-16(22)12-3-2-4-13(18)9-12/h2-10H,1H3,(H,19,21)(H,20,22). The van der Waals surface area contributed by atoms with E-state index in [1.165, 1.54) is 29.5 Å². The summed E-state index contributed by atoms with van der Waals surface area (Å²) in [5, 5.41) is 8.56. The zero-order valence-electron chi connectivity index (χ0n) is 12.3. The molecule has 0 unspecified atom stereocenters. The molecule has 6 heteroatoms. The van der Waals surface area contributed by atoms with Gasteiger partial charge in [-0.25, -0.2) is 9.37 Å². The number of thiazole rings is 1. The number of carbonyl (C=O) groups excluding carboxylic acids is 1. The van der Waals surface area contributed by atoms with Crippen LogP contribution >= 0.6 is 11.3 Å². The molecule has 3 aromatic rings. The van der Waals surface area contributed by atoms with Crippen molar-refractivity contribution in [3.63, 3.8) is 0 Å². The van der Waals surface area contributed by atoms with Crippen LogP contribution in [0.1, 0.15) is 10.4 Å². The molecular weight excluding hydrogens is 313 g/mol. The van der Waals surface area contributed by atoms with Crippen LogP contribution in [0.3, 0.4) is 0 Å². The van der Waals surface area contributed by atoms with E-state index in [1.807, 2.05) is 24.6 Å². The largest absolute Gasteiger partial charge is 0.365 e. The summed E-state index contributed by atoms with van der Waals surface area (Å²) in [4.78, 5) is 16.5. The first-order chi connectivity index (χ1) is 11.2. The average Bonchev–Trinajstić information content (AvgIpc) is 3.04. The molecule has 23 heavy (non-hydrogen) atoms. The van der Waals surface area contributed by atoms with E-state index < -0.39 is 5.82 Å². The number of benzene rings is 2. The SMILES string of the molecule is CNc1nc(-c2ccc(NC(=O)c3cccc(F)c3)cc2)cs1. The van der Waals surface area contributed by atoms with Gasteiger partial charge in [-0.05, 0) is 30.3 Å². The minimum atomic E-state index is -0.433. The third-order valence-electron chi connectivity index (χ3n) is 3.24. The van der Waals surface area contributed by atoms with Crippen LogP contribution in [0.2, 0.25) is 0 Å². The minimum absolute atomic E-state index is 0.284. The molecular formula is C17H14FN3OS. The van der Waals surface area contributed by atoms with Gasteiger partial charge in [0.25, 0.3) is 5.91 Å². The van der Waals surface area contributed by atoms with Gasteiger partial charge in [-0.1, -0.05) is 18.2 Å². The van der Waals surface area contributed by atoms with Gasteiger partial charge in [0.05, 0.1) is 5.69 Å². The molecule has 0 bridgehead atoms. The molecule has 0 aliphatic heterocycles. The summed E-state index contributed by atoms with van der Waals surface area (Å²) in [5.74, 6) is -0.778. The van der Waals surface area contributed by atoms with E-state index in [4.69, 9.17) is 0 Å². The Labute approximate surface area is 137 Å². The van der Waals surface area contributed by atoms with Gasteiger partial charge in [0.15, 0.2) is 5.13 Å². The van der Waals surface area contributed by atoms with Gasteiger partial charge < -0.3 is 10.6 Å². The lowest BCUT2D eigenvalue weighted by molar-refractivity contribution is 0.102. The Kier molecular flexibility index (Phi) is 4.34. The van der Waals surface area contributed by atoms with Crippen molar-refractivity contribution >= 4 is 28.1 Å². The van der Waals surface area contributed by atoms with Gasteiger partial charge >= 0.3 is 0 Å². The van der Waals surface area contributed by atoms with Crippen LogP contribution in [0.15, 0.2) is 53.9 Å². The lowest BCUT2D eigenvalue weighted by Crippen LogP contribution is -2.11. The molecule has 3 rings (SSSR count). The Morgan fingerprint density at radius 2 is 1.96 bits per heavy atom. The number of anilines is 2. The first-order valence-corrected chi connectivity index (χ1v) is 7.84. The highest BCUT2D eigenvalue weighted by atomic mass is 32.1. The van der Waals surface area contributed by atoms with Gasteiger partial charge in [-0.2, -0.15) is 0 Å². The summed E-state index contributed by atoms with van der Waals surface area (Å²) in [6.45, 7) is 0. The summed E-state index contributed by atoms with van der Waals surface area (Å²) in [6, 6.07) is 13.0. The van der Waals surface area contributed by atoms with Gasteiger partial charge in [-0.3, -0.25) is 4.79 Å². The number of halogens is 1.